The summed E-state index contributed by atoms with van der Waals surface area (Å²) in [5.74, 6) is 0. The number of hydrogen-bond donors (Lipinski definition) is 0. The third kappa shape index (κ3) is 3.37. The summed E-state index contributed by atoms with van der Waals surface area (Å²) < 4.78 is 16.3. The van der Waals surface area contributed by atoms with Crippen molar-refractivity contribution in [1.29, 1.82) is 0 Å². The van der Waals surface area contributed by atoms with Crippen LogP contribution in [0.5, 0.6) is 0 Å². The maximum atomic E-state index is 5.60. The zero-order valence-electron chi connectivity index (χ0n) is 6.99. The standard InChI is InChI=1S/C6H13O3PSe/c1-6(2,3)9-10(11)7-4-5-8-10/h4-5H2,1-3H3. The summed E-state index contributed by atoms with van der Waals surface area (Å²) >= 11 is 2.85. The van der Waals surface area contributed by atoms with Crippen LogP contribution in [0, 0.1) is 0 Å². The molecule has 0 unspecified atom stereocenters. The van der Waals surface area contributed by atoms with Gasteiger partial charge >= 0.3 is 74.4 Å². The predicted molar refractivity (Wildman–Crippen MR) is 45.4 cm³/mol. The van der Waals surface area contributed by atoms with Gasteiger partial charge in [0.2, 0.25) is 0 Å². The summed E-state index contributed by atoms with van der Waals surface area (Å²) in [6.45, 7) is 7.22. The number of rotatable bonds is 1. The molecule has 0 aromatic heterocycles. The topological polar surface area (TPSA) is 27.7 Å². The molecule has 0 saturated carbocycles. The van der Waals surface area contributed by atoms with Crippen molar-refractivity contribution in [2.24, 2.45) is 0 Å². The van der Waals surface area contributed by atoms with Gasteiger partial charge in [-0.15, -0.1) is 0 Å². The maximum absolute atomic E-state index is 5.60. The van der Waals surface area contributed by atoms with E-state index in [9.17, 15) is 0 Å². The first-order valence-electron chi connectivity index (χ1n) is 3.51. The van der Waals surface area contributed by atoms with Crippen LogP contribution in [0.4, 0.5) is 0 Å². The predicted octanol–water partition coefficient (Wildman–Crippen LogP) is 1.69. The van der Waals surface area contributed by atoms with E-state index in [2.05, 4.69) is 15.1 Å². The van der Waals surface area contributed by atoms with Gasteiger partial charge in [0.05, 0.1) is 0 Å². The summed E-state index contributed by atoms with van der Waals surface area (Å²) in [5, 5.41) is 0. The molecule has 3 nitrogen and oxygen atoms in total. The third-order valence-electron chi connectivity index (χ3n) is 0.968. The Labute approximate surface area is 74.9 Å². The second-order valence-electron chi connectivity index (χ2n) is 3.32. The summed E-state index contributed by atoms with van der Waals surface area (Å²) in [4.78, 5) is 0. The van der Waals surface area contributed by atoms with E-state index in [4.69, 9.17) is 13.6 Å². The molecule has 0 spiro atoms. The van der Waals surface area contributed by atoms with Crippen molar-refractivity contribution >= 4 is 21.3 Å². The first kappa shape index (κ1) is 9.91. The zero-order chi connectivity index (χ0) is 8.54. The first-order valence-corrected chi connectivity index (χ1v) is 7.27. The molecule has 1 saturated heterocycles. The normalized spacial score (nSPS) is 23.9. The van der Waals surface area contributed by atoms with E-state index in [1.54, 1.807) is 0 Å². The molecule has 5 heteroatoms. The van der Waals surface area contributed by atoms with Crippen LogP contribution >= 0.6 is 6.19 Å². The molecule has 11 heavy (non-hydrogen) atoms. The quantitative estimate of drug-likeness (QED) is 0.518. The van der Waals surface area contributed by atoms with Crippen LogP contribution in [-0.2, 0) is 13.6 Å². The van der Waals surface area contributed by atoms with Crippen molar-refractivity contribution in [3.8, 4) is 0 Å². The van der Waals surface area contributed by atoms with Crippen LogP contribution in [0.1, 0.15) is 20.8 Å². The Bertz CT molecular complexity index is 177. The SMILES string of the molecule is CC(C)(C)OP1(=[Se])OCCO1. The molecule has 0 aromatic rings. The van der Waals surface area contributed by atoms with Crippen molar-refractivity contribution in [2.45, 2.75) is 26.4 Å². The summed E-state index contributed by atoms with van der Waals surface area (Å²) in [6.07, 6.45) is -2.07. The fraction of sp³-hybridized carbons (Fsp3) is 1.00. The van der Waals surface area contributed by atoms with Crippen molar-refractivity contribution in [1.82, 2.24) is 0 Å². The van der Waals surface area contributed by atoms with E-state index >= 15 is 0 Å². The molecule has 0 aliphatic carbocycles. The van der Waals surface area contributed by atoms with Gasteiger partial charge in [-0.2, -0.15) is 0 Å². The van der Waals surface area contributed by atoms with Gasteiger partial charge in [-0.3, -0.25) is 0 Å². The second-order valence-corrected chi connectivity index (χ2v) is 7.73. The minimum atomic E-state index is -2.07. The van der Waals surface area contributed by atoms with Gasteiger partial charge in [-0.25, -0.2) is 0 Å². The third-order valence-corrected chi connectivity index (χ3v) is 4.53. The minimum absolute atomic E-state index is 0.205. The van der Waals surface area contributed by atoms with Crippen molar-refractivity contribution < 1.29 is 13.6 Å². The van der Waals surface area contributed by atoms with Crippen LogP contribution < -0.4 is 0 Å². The molecule has 66 valence electrons. The van der Waals surface area contributed by atoms with E-state index in [0.717, 1.165) is 0 Å². The average Bonchev–Trinajstić information content (AvgIpc) is 2.09. The Hall–Kier alpha value is 0.829. The molecule has 0 amide bonds. The molecule has 0 aromatic carbocycles. The zero-order valence-corrected chi connectivity index (χ0v) is 9.60. The monoisotopic (exact) mass is 244 g/mol. The van der Waals surface area contributed by atoms with Crippen molar-refractivity contribution in [2.75, 3.05) is 13.2 Å². The average molecular weight is 243 g/mol. The van der Waals surface area contributed by atoms with Gasteiger partial charge in [0.1, 0.15) is 0 Å². The molecule has 1 fully saturated rings. The fourth-order valence-corrected chi connectivity index (χ4v) is 4.52. The van der Waals surface area contributed by atoms with E-state index in [-0.39, 0.29) is 5.60 Å². The van der Waals surface area contributed by atoms with Crippen molar-refractivity contribution in [3.05, 3.63) is 0 Å². The molecule has 0 bridgehead atoms. The molecule has 1 rings (SSSR count). The van der Waals surface area contributed by atoms with Gasteiger partial charge in [0.25, 0.3) is 0 Å². The molecule has 0 atom stereocenters. The Morgan fingerprint density at radius 3 is 2.09 bits per heavy atom. The Kier molecular flexibility index (Phi) is 2.97. The van der Waals surface area contributed by atoms with Crippen LogP contribution in [0.15, 0.2) is 0 Å². The molecule has 1 heterocycles. The fourth-order valence-electron chi connectivity index (χ4n) is 0.724. The molecule has 1 aliphatic rings. The van der Waals surface area contributed by atoms with Gasteiger partial charge in [0.15, 0.2) is 0 Å². The van der Waals surface area contributed by atoms with Crippen LogP contribution in [-0.4, -0.2) is 33.9 Å². The van der Waals surface area contributed by atoms with Crippen LogP contribution in [0.3, 0.4) is 0 Å². The van der Waals surface area contributed by atoms with Crippen molar-refractivity contribution in [3.63, 3.8) is 0 Å². The molecule has 0 radical (unpaired) electrons. The van der Waals surface area contributed by atoms with Crippen LogP contribution in [0.2, 0.25) is 0 Å². The Morgan fingerprint density at radius 2 is 1.73 bits per heavy atom. The second kappa shape index (κ2) is 3.29. The number of hydrogen-bond acceptors (Lipinski definition) is 3. The van der Waals surface area contributed by atoms with Gasteiger partial charge in [-0.1, -0.05) is 0 Å². The summed E-state index contributed by atoms with van der Waals surface area (Å²) in [7, 11) is 0. The van der Waals surface area contributed by atoms with Gasteiger partial charge in [-0.05, 0) is 0 Å². The van der Waals surface area contributed by atoms with E-state index < -0.39 is 6.19 Å². The van der Waals surface area contributed by atoms with E-state index in [1.807, 2.05) is 20.8 Å². The first-order chi connectivity index (χ1) is 4.91. The molecule has 0 N–H and O–H groups in total. The summed E-state index contributed by atoms with van der Waals surface area (Å²) in [6, 6.07) is 0. The van der Waals surface area contributed by atoms with E-state index in [1.165, 1.54) is 0 Å². The Morgan fingerprint density at radius 1 is 1.27 bits per heavy atom. The molecule has 1 aliphatic heterocycles. The van der Waals surface area contributed by atoms with Gasteiger partial charge < -0.3 is 0 Å². The Balaban J connectivity index is 2.54. The van der Waals surface area contributed by atoms with E-state index in [0.29, 0.717) is 13.2 Å². The summed E-state index contributed by atoms with van der Waals surface area (Å²) in [5.41, 5.74) is -0.205. The van der Waals surface area contributed by atoms with Gasteiger partial charge in [0, 0.05) is 0 Å². The molecular formula is C6H13O3PSe. The molecular weight excluding hydrogens is 230 g/mol. The van der Waals surface area contributed by atoms with Crippen LogP contribution in [0.25, 0.3) is 0 Å².